The number of carboxylic acid groups (broad SMARTS) is 1. The molecule has 1 aliphatic rings. The SMILES string of the molecule is C[C@@H]1C[C@H](C(=O)O)N(C(=O)c2ccnc(C(F)F)c2)C1. The fourth-order valence-corrected chi connectivity index (χ4v) is 2.37. The second-order valence-electron chi connectivity index (χ2n) is 4.92. The zero-order valence-corrected chi connectivity index (χ0v) is 10.8. The Bertz CT molecular complexity index is 536. The third-order valence-electron chi connectivity index (χ3n) is 3.31. The Morgan fingerprint density at radius 2 is 2.20 bits per heavy atom. The van der Waals surface area contributed by atoms with Crippen LogP contribution in [0.25, 0.3) is 0 Å². The summed E-state index contributed by atoms with van der Waals surface area (Å²) in [5, 5.41) is 9.11. The highest BCUT2D eigenvalue weighted by Crippen LogP contribution is 2.26. The molecule has 7 heteroatoms. The number of halogens is 2. The molecule has 1 saturated heterocycles. The molecule has 1 fully saturated rings. The molecule has 0 unspecified atom stereocenters. The van der Waals surface area contributed by atoms with E-state index >= 15 is 0 Å². The number of carboxylic acids is 1. The Morgan fingerprint density at radius 3 is 2.80 bits per heavy atom. The lowest BCUT2D eigenvalue weighted by atomic mass is 10.1. The van der Waals surface area contributed by atoms with Gasteiger partial charge >= 0.3 is 5.97 Å². The van der Waals surface area contributed by atoms with E-state index in [-0.39, 0.29) is 11.5 Å². The predicted molar refractivity (Wildman–Crippen MR) is 65.4 cm³/mol. The molecule has 0 spiro atoms. The fraction of sp³-hybridized carbons (Fsp3) is 0.462. The summed E-state index contributed by atoms with van der Waals surface area (Å²) >= 11 is 0. The minimum Gasteiger partial charge on any atom is -0.480 e. The Kier molecular flexibility index (Phi) is 3.96. The summed E-state index contributed by atoms with van der Waals surface area (Å²) in [6.45, 7) is 2.16. The molecule has 0 bridgehead atoms. The summed E-state index contributed by atoms with van der Waals surface area (Å²) < 4.78 is 25.1. The van der Waals surface area contributed by atoms with E-state index in [1.54, 1.807) is 0 Å². The third kappa shape index (κ3) is 2.76. The number of carbonyl (C=O) groups is 2. The van der Waals surface area contributed by atoms with Crippen LogP contribution >= 0.6 is 0 Å². The molecule has 0 aliphatic carbocycles. The van der Waals surface area contributed by atoms with Crippen molar-refractivity contribution in [2.45, 2.75) is 25.8 Å². The van der Waals surface area contributed by atoms with Gasteiger partial charge in [0.15, 0.2) is 0 Å². The number of nitrogens with zero attached hydrogens (tertiary/aromatic N) is 2. The Hall–Kier alpha value is -2.05. The van der Waals surface area contributed by atoms with Gasteiger partial charge in [-0.05, 0) is 24.5 Å². The molecule has 2 heterocycles. The number of amides is 1. The van der Waals surface area contributed by atoms with Crippen LogP contribution in [0.15, 0.2) is 18.3 Å². The maximum atomic E-state index is 12.6. The quantitative estimate of drug-likeness (QED) is 0.921. The van der Waals surface area contributed by atoms with Gasteiger partial charge in [0, 0.05) is 18.3 Å². The molecule has 20 heavy (non-hydrogen) atoms. The monoisotopic (exact) mass is 284 g/mol. The lowest BCUT2D eigenvalue weighted by molar-refractivity contribution is -0.141. The smallest absolute Gasteiger partial charge is 0.326 e. The summed E-state index contributed by atoms with van der Waals surface area (Å²) in [6.07, 6.45) is -1.27. The van der Waals surface area contributed by atoms with Crippen molar-refractivity contribution >= 4 is 11.9 Å². The van der Waals surface area contributed by atoms with Crippen LogP contribution in [0, 0.1) is 5.92 Å². The zero-order chi connectivity index (χ0) is 14.9. The van der Waals surface area contributed by atoms with Crippen LogP contribution in [0.4, 0.5) is 8.78 Å². The molecule has 1 aromatic rings. The fourth-order valence-electron chi connectivity index (χ4n) is 2.37. The molecule has 1 amide bonds. The standard InChI is InChI=1S/C13H14F2N2O3/c1-7-4-10(13(19)20)17(6-7)12(18)8-2-3-16-9(5-8)11(14)15/h2-3,5,7,10-11H,4,6H2,1H3,(H,19,20)/t7-,10-/m1/s1. The van der Waals surface area contributed by atoms with Crippen LogP contribution in [-0.2, 0) is 4.79 Å². The molecule has 108 valence electrons. The van der Waals surface area contributed by atoms with Crippen molar-refractivity contribution in [1.82, 2.24) is 9.88 Å². The van der Waals surface area contributed by atoms with E-state index in [2.05, 4.69) is 4.98 Å². The van der Waals surface area contributed by atoms with Gasteiger partial charge < -0.3 is 10.0 Å². The predicted octanol–water partition coefficient (Wildman–Crippen LogP) is 1.95. The Balaban J connectivity index is 2.26. The van der Waals surface area contributed by atoms with Gasteiger partial charge in [-0.1, -0.05) is 6.92 Å². The van der Waals surface area contributed by atoms with Crippen LogP contribution in [0.5, 0.6) is 0 Å². The van der Waals surface area contributed by atoms with Crippen LogP contribution in [0.2, 0.25) is 0 Å². The molecule has 0 saturated carbocycles. The first kappa shape index (κ1) is 14.4. The number of alkyl halides is 2. The summed E-state index contributed by atoms with van der Waals surface area (Å²) in [4.78, 5) is 28.1. The van der Waals surface area contributed by atoms with E-state index in [9.17, 15) is 18.4 Å². The number of carbonyl (C=O) groups excluding carboxylic acids is 1. The van der Waals surface area contributed by atoms with Crippen molar-refractivity contribution in [2.24, 2.45) is 5.92 Å². The summed E-state index contributed by atoms with van der Waals surface area (Å²) in [5.41, 5.74) is -0.453. The van der Waals surface area contributed by atoms with Crippen LogP contribution in [0.1, 0.15) is 35.8 Å². The summed E-state index contributed by atoms with van der Waals surface area (Å²) in [7, 11) is 0. The molecular weight excluding hydrogens is 270 g/mol. The normalized spacial score (nSPS) is 22.3. The van der Waals surface area contributed by atoms with Gasteiger partial charge in [-0.15, -0.1) is 0 Å². The van der Waals surface area contributed by atoms with Crippen molar-refractivity contribution in [3.05, 3.63) is 29.6 Å². The molecule has 1 N–H and O–H groups in total. The molecule has 0 aromatic carbocycles. The van der Waals surface area contributed by atoms with Crippen molar-refractivity contribution < 1.29 is 23.5 Å². The van der Waals surface area contributed by atoms with Crippen molar-refractivity contribution in [3.63, 3.8) is 0 Å². The number of aromatic nitrogens is 1. The number of hydrogen-bond donors (Lipinski definition) is 1. The highest BCUT2D eigenvalue weighted by molar-refractivity contribution is 5.97. The molecule has 1 aliphatic heterocycles. The van der Waals surface area contributed by atoms with E-state index in [4.69, 9.17) is 5.11 Å². The van der Waals surface area contributed by atoms with Gasteiger partial charge in [-0.25, -0.2) is 13.6 Å². The van der Waals surface area contributed by atoms with Gasteiger partial charge in [-0.2, -0.15) is 0 Å². The molecule has 1 aromatic heterocycles. The first-order valence-corrected chi connectivity index (χ1v) is 6.18. The molecule has 2 atom stereocenters. The average molecular weight is 284 g/mol. The second kappa shape index (κ2) is 5.52. The van der Waals surface area contributed by atoms with Crippen molar-refractivity contribution in [3.8, 4) is 0 Å². The maximum Gasteiger partial charge on any atom is 0.326 e. The number of aliphatic carboxylic acids is 1. The Labute approximate surface area is 114 Å². The van der Waals surface area contributed by atoms with E-state index in [0.717, 1.165) is 12.3 Å². The molecule has 2 rings (SSSR count). The first-order chi connectivity index (χ1) is 9.40. The topological polar surface area (TPSA) is 70.5 Å². The van der Waals surface area contributed by atoms with E-state index in [0.29, 0.717) is 13.0 Å². The first-order valence-electron chi connectivity index (χ1n) is 6.18. The molecule has 0 radical (unpaired) electrons. The van der Waals surface area contributed by atoms with E-state index < -0.39 is 30.0 Å². The largest absolute Gasteiger partial charge is 0.480 e. The number of pyridine rings is 1. The molecular formula is C13H14F2N2O3. The van der Waals surface area contributed by atoms with Crippen LogP contribution in [-0.4, -0.2) is 39.5 Å². The highest BCUT2D eigenvalue weighted by Gasteiger charge is 2.38. The summed E-state index contributed by atoms with van der Waals surface area (Å²) in [6, 6.07) is 1.42. The number of hydrogen-bond acceptors (Lipinski definition) is 3. The minimum atomic E-state index is -2.77. The van der Waals surface area contributed by atoms with Gasteiger partial charge in [0.1, 0.15) is 11.7 Å². The Morgan fingerprint density at radius 1 is 1.50 bits per heavy atom. The lowest BCUT2D eigenvalue weighted by Gasteiger charge is -2.21. The highest BCUT2D eigenvalue weighted by atomic mass is 19.3. The third-order valence-corrected chi connectivity index (χ3v) is 3.31. The van der Waals surface area contributed by atoms with Crippen LogP contribution < -0.4 is 0 Å². The van der Waals surface area contributed by atoms with Gasteiger partial charge in [0.25, 0.3) is 12.3 Å². The average Bonchev–Trinajstić information content (AvgIpc) is 2.80. The van der Waals surface area contributed by atoms with Gasteiger partial charge in [-0.3, -0.25) is 9.78 Å². The summed E-state index contributed by atoms with van der Waals surface area (Å²) in [5.74, 6) is -1.56. The lowest BCUT2D eigenvalue weighted by Crippen LogP contribution is -2.40. The second-order valence-corrected chi connectivity index (χ2v) is 4.92. The number of rotatable bonds is 3. The zero-order valence-electron chi connectivity index (χ0n) is 10.8. The van der Waals surface area contributed by atoms with Crippen molar-refractivity contribution in [2.75, 3.05) is 6.54 Å². The van der Waals surface area contributed by atoms with E-state index in [1.807, 2.05) is 6.92 Å². The van der Waals surface area contributed by atoms with Crippen LogP contribution in [0.3, 0.4) is 0 Å². The number of likely N-dealkylation sites (tertiary alicyclic amines) is 1. The van der Waals surface area contributed by atoms with E-state index in [1.165, 1.54) is 11.0 Å². The maximum absolute atomic E-state index is 12.6. The minimum absolute atomic E-state index is 0.0376. The van der Waals surface area contributed by atoms with Gasteiger partial charge in [0.2, 0.25) is 0 Å². The van der Waals surface area contributed by atoms with Gasteiger partial charge in [0.05, 0.1) is 0 Å². The van der Waals surface area contributed by atoms with Crippen molar-refractivity contribution in [1.29, 1.82) is 0 Å². The molecule has 5 nitrogen and oxygen atoms in total.